The van der Waals surface area contributed by atoms with Crippen molar-refractivity contribution in [2.45, 2.75) is 26.4 Å². The summed E-state index contributed by atoms with van der Waals surface area (Å²) in [7, 11) is 1.68. The minimum absolute atomic E-state index is 0. The van der Waals surface area contributed by atoms with E-state index in [0.717, 1.165) is 24.4 Å². The van der Waals surface area contributed by atoms with E-state index in [4.69, 9.17) is 4.42 Å². The number of hydrogen-bond donors (Lipinski definition) is 1. The van der Waals surface area contributed by atoms with Crippen LogP contribution in [0.5, 0.6) is 0 Å². The Hall–Kier alpha value is -2.71. The third-order valence-electron chi connectivity index (χ3n) is 4.53. The van der Waals surface area contributed by atoms with E-state index in [1.54, 1.807) is 30.2 Å². The van der Waals surface area contributed by atoms with Crippen LogP contribution in [0.1, 0.15) is 35.2 Å². The van der Waals surface area contributed by atoms with Crippen molar-refractivity contribution >= 4 is 18.3 Å². The van der Waals surface area contributed by atoms with E-state index in [1.165, 1.54) is 17.0 Å². The average molecular weight is 406 g/mol. The number of imidazole rings is 1. The summed E-state index contributed by atoms with van der Waals surface area (Å²) in [5.41, 5.74) is 2.24. The number of nitrogens with zero attached hydrogens (tertiary/aromatic N) is 4. The molecule has 3 aromatic rings. The number of hydrogen-bond acceptors (Lipinski definition) is 5. The van der Waals surface area contributed by atoms with Crippen LogP contribution in [-0.4, -0.2) is 38.9 Å². The summed E-state index contributed by atoms with van der Waals surface area (Å²) in [5, 5.41) is 3.27. The number of nitrogens with one attached hydrogen (secondary N) is 1. The lowest BCUT2D eigenvalue weighted by Gasteiger charge is -2.14. The highest BCUT2D eigenvalue weighted by Gasteiger charge is 2.28. The van der Waals surface area contributed by atoms with E-state index in [-0.39, 0.29) is 18.3 Å². The fraction of sp³-hybridized carbons (Fsp3) is 0.316. The number of carbonyl (C=O) groups excluding carboxylic acids is 1. The van der Waals surface area contributed by atoms with Gasteiger partial charge < -0.3 is 14.6 Å². The van der Waals surface area contributed by atoms with Crippen LogP contribution in [-0.2, 0) is 13.1 Å². The van der Waals surface area contributed by atoms with Crippen molar-refractivity contribution in [3.8, 4) is 17.3 Å². The first-order chi connectivity index (χ1) is 13.1. The lowest BCUT2D eigenvalue weighted by molar-refractivity contribution is 0.0787. The van der Waals surface area contributed by atoms with E-state index >= 15 is 0 Å². The Morgan fingerprint density at radius 1 is 1.32 bits per heavy atom. The summed E-state index contributed by atoms with van der Waals surface area (Å²) in [6.45, 7) is 3.91. The first-order valence-electron chi connectivity index (χ1n) is 8.86. The second-order valence-electron chi connectivity index (χ2n) is 6.54. The van der Waals surface area contributed by atoms with Crippen molar-refractivity contribution in [1.82, 2.24) is 24.8 Å². The maximum atomic E-state index is 13.7. The standard InChI is InChI=1S/C19H20FN5O2.ClH/c1-3-6-21-8-13-9-22-18(27-13)17-16-10-24(2)19(26)14-7-12(20)4-5-15(14)25(16)11-23-17;/h4-5,7,9,11,21H,3,6,8,10H2,1-2H3;1H. The highest BCUT2D eigenvalue weighted by molar-refractivity contribution is 5.98. The van der Waals surface area contributed by atoms with Crippen molar-refractivity contribution in [3.63, 3.8) is 0 Å². The van der Waals surface area contributed by atoms with Gasteiger partial charge in [0.25, 0.3) is 5.91 Å². The van der Waals surface area contributed by atoms with Crippen molar-refractivity contribution in [2.75, 3.05) is 13.6 Å². The maximum Gasteiger partial charge on any atom is 0.256 e. The number of amides is 1. The normalized spacial score (nSPS) is 13.0. The van der Waals surface area contributed by atoms with Gasteiger partial charge in [0.15, 0.2) is 0 Å². The zero-order chi connectivity index (χ0) is 19.0. The van der Waals surface area contributed by atoms with Crippen LogP contribution < -0.4 is 5.32 Å². The third-order valence-corrected chi connectivity index (χ3v) is 4.53. The molecule has 0 aliphatic carbocycles. The van der Waals surface area contributed by atoms with Crippen LogP contribution in [0.2, 0.25) is 0 Å². The third kappa shape index (κ3) is 3.53. The number of halogens is 2. The molecule has 1 aliphatic heterocycles. The predicted molar refractivity (Wildman–Crippen MR) is 104 cm³/mol. The summed E-state index contributed by atoms with van der Waals surface area (Å²) >= 11 is 0. The summed E-state index contributed by atoms with van der Waals surface area (Å²) in [6, 6.07) is 4.18. The molecule has 0 saturated carbocycles. The van der Waals surface area contributed by atoms with Crippen molar-refractivity contribution in [3.05, 3.63) is 53.6 Å². The zero-order valence-corrected chi connectivity index (χ0v) is 16.4. The summed E-state index contributed by atoms with van der Waals surface area (Å²) < 4.78 is 21.3. The number of aromatic nitrogens is 3. The molecule has 0 radical (unpaired) electrons. The minimum Gasteiger partial charge on any atom is -0.438 e. The van der Waals surface area contributed by atoms with Crippen molar-refractivity contribution < 1.29 is 13.6 Å². The summed E-state index contributed by atoms with van der Waals surface area (Å²) in [4.78, 5) is 23.0. The van der Waals surface area contributed by atoms with Gasteiger partial charge in [-0.2, -0.15) is 0 Å². The summed E-state index contributed by atoms with van der Waals surface area (Å²) in [5.74, 6) is 0.441. The second-order valence-corrected chi connectivity index (χ2v) is 6.54. The molecule has 0 saturated heterocycles. The van der Waals surface area contributed by atoms with Gasteiger partial charge in [0.2, 0.25) is 5.89 Å². The first kappa shape index (κ1) is 20.0. The largest absolute Gasteiger partial charge is 0.438 e. The molecule has 1 amide bonds. The lowest BCUT2D eigenvalue weighted by atomic mass is 10.1. The fourth-order valence-corrected chi connectivity index (χ4v) is 3.19. The molecule has 4 rings (SSSR count). The maximum absolute atomic E-state index is 13.7. The average Bonchev–Trinajstić information content (AvgIpc) is 3.26. The Morgan fingerprint density at radius 3 is 2.93 bits per heavy atom. The van der Waals surface area contributed by atoms with E-state index < -0.39 is 5.82 Å². The van der Waals surface area contributed by atoms with Gasteiger partial charge in [0.05, 0.1) is 36.2 Å². The molecule has 7 nitrogen and oxygen atoms in total. The van der Waals surface area contributed by atoms with E-state index in [2.05, 4.69) is 22.2 Å². The minimum atomic E-state index is -0.448. The van der Waals surface area contributed by atoms with Crippen molar-refractivity contribution in [1.29, 1.82) is 0 Å². The van der Waals surface area contributed by atoms with E-state index in [0.29, 0.717) is 35.9 Å². The zero-order valence-electron chi connectivity index (χ0n) is 15.6. The van der Waals surface area contributed by atoms with Gasteiger partial charge in [-0.25, -0.2) is 14.4 Å². The molecule has 1 aliphatic rings. The lowest BCUT2D eigenvalue weighted by Crippen LogP contribution is -2.25. The molecule has 3 heterocycles. The van der Waals surface area contributed by atoms with Crippen LogP contribution in [0.25, 0.3) is 17.3 Å². The monoisotopic (exact) mass is 405 g/mol. The van der Waals surface area contributed by atoms with E-state index in [1.807, 2.05) is 0 Å². The number of rotatable bonds is 5. The molecule has 9 heteroatoms. The van der Waals surface area contributed by atoms with Gasteiger partial charge in [-0.3, -0.25) is 9.36 Å². The van der Waals surface area contributed by atoms with Gasteiger partial charge in [-0.15, -0.1) is 12.4 Å². The molecular weight excluding hydrogens is 385 g/mol. The van der Waals surface area contributed by atoms with Gasteiger partial charge in [0, 0.05) is 7.05 Å². The molecule has 0 fully saturated rings. The topological polar surface area (TPSA) is 76.2 Å². The molecule has 1 aromatic carbocycles. The van der Waals surface area contributed by atoms with Crippen LogP contribution >= 0.6 is 12.4 Å². The van der Waals surface area contributed by atoms with Crippen molar-refractivity contribution in [2.24, 2.45) is 0 Å². The SMILES string of the molecule is CCCNCc1cnc(-c2ncn3c2CN(C)C(=O)c2cc(F)ccc2-3)o1.Cl. The van der Waals surface area contributed by atoms with Crippen LogP contribution in [0.3, 0.4) is 0 Å². The fourth-order valence-electron chi connectivity index (χ4n) is 3.19. The van der Waals surface area contributed by atoms with E-state index in [9.17, 15) is 9.18 Å². The van der Waals surface area contributed by atoms with Crippen LogP contribution in [0, 0.1) is 5.82 Å². The van der Waals surface area contributed by atoms with Gasteiger partial charge in [-0.05, 0) is 31.2 Å². The van der Waals surface area contributed by atoms with Crippen LogP contribution in [0.15, 0.2) is 35.1 Å². The highest BCUT2D eigenvalue weighted by Crippen LogP contribution is 2.30. The quantitative estimate of drug-likeness (QED) is 0.660. The number of carbonyl (C=O) groups is 1. The Morgan fingerprint density at radius 2 is 2.14 bits per heavy atom. The Labute approximate surface area is 168 Å². The predicted octanol–water partition coefficient (Wildman–Crippen LogP) is 3.17. The number of fused-ring (bicyclic) bond motifs is 3. The Bertz CT molecular complexity index is 1000. The number of benzene rings is 1. The Balaban J connectivity index is 0.00000225. The first-order valence-corrected chi connectivity index (χ1v) is 8.86. The highest BCUT2D eigenvalue weighted by atomic mass is 35.5. The molecule has 28 heavy (non-hydrogen) atoms. The van der Waals surface area contributed by atoms with Gasteiger partial charge in [-0.1, -0.05) is 6.92 Å². The number of oxazole rings is 1. The Kier molecular flexibility index (Phi) is 5.81. The molecule has 1 N–H and O–H groups in total. The second kappa shape index (κ2) is 8.12. The smallest absolute Gasteiger partial charge is 0.256 e. The molecule has 0 unspecified atom stereocenters. The molecule has 2 aromatic heterocycles. The molecule has 0 atom stereocenters. The molecule has 0 spiro atoms. The van der Waals surface area contributed by atoms with Crippen LogP contribution in [0.4, 0.5) is 4.39 Å². The van der Waals surface area contributed by atoms with Gasteiger partial charge in [0.1, 0.15) is 23.6 Å². The summed E-state index contributed by atoms with van der Waals surface area (Å²) in [6.07, 6.45) is 4.33. The van der Waals surface area contributed by atoms with Gasteiger partial charge >= 0.3 is 0 Å². The molecule has 148 valence electrons. The molecular formula is C19H21ClFN5O2. The molecule has 0 bridgehead atoms.